The molecule has 0 atom stereocenters. The summed E-state index contributed by atoms with van der Waals surface area (Å²) in [4.78, 5) is 13.0. The van der Waals surface area contributed by atoms with Gasteiger partial charge in [0.25, 0.3) is 5.91 Å². The monoisotopic (exact) mass is 444 g/mol. The summed E-state index contributed by atoms with van der Waals surface area (Å²) in [5, 5.41) is 11.4. The predicted molar refractivity (Wildman–Crippen MR) is 127 cm³/mol. The van der Waals surface area contributed by atoms with Crippen molar-refractivity contribution in [1.82, 2.24) is 14.9 Å². The zero-order valence-electron chi connectivity index (χ0n) is 19.6. The molecule has 0 aliphatic rings. The van der Waals surface area contributed by atoms with E-state index < -0.39 is 0 Å². The number of nitrogens with one attached hydrogen (secondary N) is 1. The van der Waals surface area contributed by atoms with Crippen LogP contribution in [0.25, 0.3) is 0 Å². The van der Waals surface area contributed by atoms with Crippen molar-refractivity contribution >= 4 is 11.7 Å². The molecule has 0 aliphatic carbocycles. The number of carbonyl (C=O) groups is 1. The number of aromatic nitrogens is 3. The molecule has 4 rings (SSSR count). The topological polar surface area (TPSA) is 82.2 Å². The maximum atomic E-state index is 13.0. The molecule has 2 heterocycles. The van der Waals surface area contributed by atoms with Gasteiger partial charge >= 0.3 is 0 Å². The van der Waals surface area contributed by atoms with Crippen molar-refractivity contribution in [3.05, 3.63) is 93.5 Å². The molecule has 170 valence electrons. The second-order valence-electron chi connectivity index (χ2n) is 8.32. The Bertz CT molecular complexity index is 1300. The van der Waals surface area contributed by atoms with Crippen LogP contribution in [0.15, 0.2) is 53.1 Å². The summed E-state index contributed by atoms with van der Waals surface area (Å²) in [5.41, 5.74) is 6.31. The number of ether oxygens (including phenoxy) is 1. The van der Waals surface area contributed by atoms with Crippen LogP contribution in [-0.4, -0.2) is 20.8 Å². The van der Waals surface area contributed by atoms with Crippen LogP contribution < -0.4 is 10.1 Å². The van der Waals surface area contributed by atoms with Crippen molar-refractivity contribution in [1.29, 1.82) is 0 Å². The molecule has 0 radical (unpaired) electrons. The van der Waals surface area contributed by atoms with E-state index in [0.29, 0.717) is 23.7 Å². The minimum Gasteiger partial charge on any atom is -0.488 e. The smallest absolute Gasteiger partial charge is 0.279 e. The van der Waals surface area contributed by atoms with Crippen molar-refractivity contribution < 1.29 is 14.1 Å². The van der Waals surface area contributed by atoms with Gasteiger partial charge in [-0.3, -0.25) is 9.48 Å². The van der Waals surface area contributed by atoms with Gasteiger partial charge in [0, 0.05) is 11.8 Å². The fourth-order valence-electron chi connectivity index (χ4n) is 3.66. The highest BCUT2D eigenvalue weighted by Gasteiger charge is 2.22. The molecule has 2 aromatic heterocycles. The molecule has 0 unspecified atom stereocenters. The Kier molecular flexibility index (Phi) is 6.31. The highest BCUT2D eigenvalue weighted by molar-refractivity contribution is 6.03. The van der Waals surface area contributed by atoms with Crippen LogP contribution in [-0.2, 0) is 13.2 Å². The van der Waals surface area contributed by atoms with E-state index in [2.05, 4.69) is 40.7 Å². The van der Waals surface area contributed by atoms with Crippen LogP contribution in [0.5, 0.6) is 5.75 Å². The third-order valence-corrected chi connectivity index (χ3v) is 5.76. The Morgan fingerprint density at radius 2 is 1.85 bits per heavy atom. The molecule has 1 amide bonds. The number of hydrogen-bond acceptors (Lipinski definition) is 5. The highest BCUT2D eigenvalue weighted by Crippen LogP contribution is 2.24. The molecule has 0 saturated carbocycles. The van der Waals surface area contributed by atoms with E-state index in [1.807, 2.05) is 55.8 Å². The standard InChI is InChI=1S/C26H28N4O3/c1-16-8-6-10-21(12-16)14-30-18(3)13-24(28-30)27-26(31)25-22(20(5)33-29-25)15-32-23-11-7-9-17(2)19(23)4/h6-13H,14-15H2,1-5H3,(H,27,28,31). The summed E-state index contributed by atoms with van der Waals surface area (Å²) in [7, 11) is 0. The summed E-state index contributed by atoms with van der Waals surface area (Å²) < 4.78 is 13.1. The number of aryl methyl sites for hydroxylation is 4. The molecule has 0 fully saturated rings. The molecule has 0 bridgehead atoms. The molecule has 1 N–H and O–H groups in total. The maximum absolute atomic E-state index is 13.0. The molecule has 0 spiro atoms. The zero-order chi connectivity index (χ0) is 23.5. The van der Waals surface area contributed by atoms with Crippen LogP contribution >= 0.6 is 0 Å². The fraction of sp³-hybridized carbons (Fsp3) is 0.269. The lowest BCUT2D eigenvalue weighted by atomic mass is 10.1. The molecular formula is C26H28N4O3. The quantitative estimate of drug-likeness (QED) is 0.419. The van der Waals surface area contributed by atoms with Crippen molar-refractivity contribution in [3.63, 3.8) is 0 Å². The van der Waals surface area contributed by atoms with Crippen molar-refractivity contribution in [2.45, 2.75) is 47.8 Å². The van der Waals surface area contributed by atoms with Gasteiger partial charge < -0.3 is 14.6 Å². The van der Waals surface area contributed by atoms with E-state index in [1.54, 1.807) is 6.92 Å². The Balaban J connectivity index is 1.48. The Labute approximate surface area is 193 Å². The van der Waals surface area contributed by atoms with E-state index in [-0.39, 0.29) is 18.2 Å². The first kappa shape index (κ1) is 22.3. The van der Waals surface area contributed by atoms with Gasteiger partial charge in [-0.1, -0.05) is 47.1 Å². The Morgan fingerprint density at radius 3 is 2.64 bits per heavy atom. The first-order valence-corrected chi connectivity index (χ1v) is 10.9. The molecule has 2 aromatic carbocycles. The molecule has 33 heavy (non-hydrogen) atoms. The van der Waals surface area contributed by atoms with Gasteiger partial charge in [-0.2, -0.15) is 5.10 Å². The molecule has 0 saturated heterocycles. The summed E-state index contributed by atoms with van der Waals surface area (Å²) in [6.45, 7) is 10.6. The maximum Gasteiger partial charge on any atom is 0.279 e. The largest absolute Gasteiger partial charge is 0.488 e. The van der Waals surface area contributed by atoms with E-state index in [0.717, 1.165) is 28.1 Å². The predicted octanol–water partition coefficient (Wildman–Crippen LogP) is 5.29. The average molecular weight is 445 g/mol. The number of hydrogen-bond donors (Lipinski definition) is 1. The van der Waals surface area contributed by atoms with Crippen LogP contribution in [0.2, 0.25) is 0 Å². The van der Waals surface area contributed by atoms with Gasteiger partial charge in [-0.25, -0.2) is 0 Å². The van der Waals surface area contributed by atoms with Gasteiger partial charge in [-0.05, 0) is 57.4 Å². The highest BCUT2D eigenvalue weighted by atomic mass is 16.5. The lowest BCUT2D eigenvalue weighted by Crippen LogP contribution is -2.16. The van der Waals surface area contributed by atoms with Crippen molar-refractivity contribution in [2.24, 2.45) is 0 Å². The summed E-state index contributed by atoms with van der Waals surface area (Å²) >= 11 is 0. The Morgan fingerprint density at radius 1 is 1.06 bits per heavy atom. The van der Waals surface area contributed by atoms with Crippen molar-refractivity contribution in [2.75, 3.05) is 5.32 Å². The van der Waals surface area contributed by atoms with E-state index in [9.17, 15) is 4.79 Å². The number of benzene rings is 2. The van der Waals surface area contributed by atoms with Gasteiger partial charge in [0.2, 0.25) is 0 Å². The SMILES string of the molecule is Cc1cccc(Cn2nc(NC(=O)c3noc(C)c3COc3cccc(C)c3C)cc2C)c1. The van der Waals surface area contributed by atoms with Crippen LogP contribution in [0, 0.1) is 34.6 Å². The zero-order valence-corrected chi connectivity index (χ0v) is 19.6. The van der Waals surface area contributed by atoms with Crippen LogP contribution in [0.4, 0.5) is 5.82 Å². The number of amides is 1. The average Bonchev–Trinajstić information content (AvgIpc) is 3.31. The summed E-state index contributed by atoms with van der Waals surface area (Å²) in [6.07, 6.45) is 0. The lowest BCUT2D eigenvalue weighted by Gasteiger charge is -2.11. The number of anilines is 1. The first-order valence-electron chi connectivity index (χ1n) is 10.9. The summed E-state index contributed by atoms with van der Waals surface area (Å²) in [5.74, 6) is 1.40. The molecule has 4 aromatic rings. The second kappa shape index (κ2) is 9.32. The van der Waals surface area contributed by atoms with Crippen LogP contribution in [0.3, 0.4) is 0 Å². The number of nitrogens with zero attached hydrogens (tertiary/aromatic N) is 3. The number of rotatable bonds is 7. The molecule has 7 heteroatoms. The lowest BCUT2D eigenvalue weighted by molar-refractivity contribution is 0.101. The minimum atomic E-state index is -0.383. The molecular weight excluding hydrogens is 416 g/mol. The molecule has 7 nitrogen and oxygen atoms in total. The van der Waals surface area contributed by atoms with Gasteiger partial charge in [0.1, 0.15) is 18.1 Å². The first-order chi connectivity index (χ1) is 15.8. The minimum absolute atomic E-state index is 0.184. The fourth-order valence-corrected chi connectivity index (χ4v) is 3.66. The summed E-state index contributed by atoms with van der Waals surface area (Å²) in [6, 6.07) is 16.0. The van der Waals surface area contributed by atoms with E-state index in [1.165, 1.54) is 5.56 Å². The normalized spacial score (nSPS) is 10.9. The second-order valence-corrected chi connectivity index (χ2v) is 8.32. The van der Waals surface area contributed by atoms with Gasteiger partial charge in [0.15, 0.2) is 11.5 Å². The van der Waals surface area contributed by atoms with Crippen LogP contribution in [0.1, 0.15) is 49.8 Å². The third-order valence-electron chi connectivity index (χ3n) is 5.76. The molecule has 0 aliphatic heterocycles. The number of carbonyl (C=O) groups excluding carboxylic acids is 1. The Hall–Kier alpha value is -3.87. The van der Waals surface area contributed by atoms with E-state index >= 15 is 0 Å². The van der Waals surface area contributed by atoms with Gasteiger partial charge in [0.05, 0.1) is 12.1 Å². The van der Waals surface area contributed by atoms with E-state index in [4.69, 9.17) is 9.26 Å². The third kappa shape index (κ3) is 4.98. The van der Waals surface area contributed by atoms with Crippen molar-refractivity contribution in [3.8, 4) is 5.75 Å². The van der Waals surface area contributed by atoms with Gasteiger partial charge in [-0.15, -0.1) is 0 Å².